The van der Waals surface area contributed by atoms with Crippen molar-refractivity contribution in [3.63, 3.8) is 0 Å². The summed E-state index contributed by atoms with van der Waals surface area (Å²) in [6.45, 7) is 8.17. The number of carbonyl (C=O) groups is 1. The van der Waals surface area contributed by atoms with Crippen molar-refractivity contribution in [3.8, 4) is 11.4 Å². The topological polar surface area (TPSA) is 66.6 Å². The summed E-state index contributed by atoms with van der Waals surface area (Å²) in [4.78, 5) is 22.6. The second-order valence-corrected chi connectivity index (χ2v) is 9.64. The minimum absolute atomic E-state index is 0.0229. The molecule has 3 heterocycles. The molecule has 1 unspecified atom stereocenters. The molecule has 0 saturated carbocycles. The number of piperazine rings is 1. The zero-order valence-corrected chi connectivity index (χ0v) is 20.7. The number of rotatable bonds is 3. The van der Waals surface area contributed by atoms with E-state index >= 15 is 0 Å². The van der Waals surface area contributed by atoms with E-state index < -0.39 is 0 Å². The van der Waals surface area contributed by atoms with E-state index in [0.717, 1.165) is 50.6 Å². The lowest BCUT2D eigenvalue weighted by Gasteiger charge is -2.40. The minimum Gasteiger partial charge on any atom is -0.338 e. The van der Waals surface area contributed by atoms with E-state index in [-0.39, 0.29) is 11.9 Å². The van der Waals surface area contributed by atoms with Gasteiger partial charge >= 0.3 is 0 Å². The molecule has 0 spiro atoms. The molecule has 1 atom stereocenters. The van der Waals surface area contributed by atoms with Crippen molar-refractivity contribution in [2.45, 2.75) is 26.8 Å². The number of hydrogen-bond acceptors (Lipinski definition) is 5. The molecule has 0 radical (unpaired) electrons. The third-order valence-corrected chi connectivity index (χ3v) is 6.97. The van der Waals surface area contributed by atoms with Gasteiger partial charge in [0.15, 0.2) is 11.5 Å². The Morgan fingerprint density at radius 2 is 1.69 bits per heavy atom. The van der Waals surface area contributed by atoms with Crippen LogP contribution in [0.5, 0.6) is 0 Å². The molecule has 0 aliphatic carbocycles. The number of aryl methyl sites for hydroxylation is 2. The van der Waals surface area contributed by atoms with E-state index in [1.807, 2.05) is 66.4 Å². The van der Waals surface area contributed by atoms with Gasteiger partial charge in [0, 0.05) is 42.2 Å². The lowest BCUT2D eigenvalue weighted by atomic mass is 10.1. The van der Waals surface area contributed by atoms with Crippen LogP contribution in [0.15, 0.2) is 72.8 Å². The highest BCUT2D eigenvalue weighted by atomic mass is 16.2. The highest BCUT2D eigenvalue weighted by Gasteiger charge is 2.31. The Kier molecular flexibility index (Phi) is 5.40. The van der Waals surface area contributed by atoms with Crippen LogP contribution >= 0.6 is 0 Å². The van der Waals surface area contributed by atoms with Crippen LogP contribution in [-0.2, 0) is 0 Å². The highest BCUT2D eigenvalue weighted by molar-refractivity contribution is 5.95. The van der Waals surface area contributed by atoms with Gasteiger partial charge < -0.3 is 9.80 Å². The van der Waals surface area contributed by atoms with E-state index in [9.17, 15) is 4.79 Å². The Morgan fingerprint density at radius 1 is 0.889 bits per heavy atom. The molecule has 7 heteroatoms. The largest absolute Gasteiger partial charge is 0.338 e. The van der Waals surface area contributed by atoms with Crippen molar-refractivity contribution >= 4 is 28.4 Å². The fraction of sp³-hybridized carbons (Fsp3) is 0.241. The molecule has 2 aromatic heterocycles. The van der Waals surface area contributed by atoms with Gasteiger partial charge in [-0.15, -0.1) is 10.2 Å². The van der Waals surface area contributed by atoms with Crippen LogP contribution < -0.4 is 4.90 Å². The summed E-state index contributed by atoms with van der Waals surface area (Å²) in [6.07, 6.45) is 0. The van der Waals surface area contributed by atoms with Gasteiger partial charge in [-0.05, 0) is 51.1 Å². The van der Waals surface area contributed by atoms with Crippen molar-refractivity contribution in [1.29, 1.82) is 0 Å². The Bertz CT molecular complexity index is 1590. The average molecular weight is 477 g/mol. The maximum atomic E-state index is 13.2. The van der Waals surface area contributed by atoms with Gasteiger partial charge in [-0.2, -0.15) is 0 Å². The van der Waals surface area contributed by atoms with Gasteiger partial charge in [0.05, 0.1) is 5.52 Å². The molecular weight excluding hydrogens is 448 g/mol. The third-order valence-electron chi connectivity index (χ3n) is 6.97. The molecule has 5 aromatic rings. The molecular formula is C29H28N6O. The van der Waals surface area contributed by atoms with Crippen LogP contribution in [0.4, 0.5) is 5.95 Å². The monoisotopic (exact) mass is 476 g/mol. The first-order valence-electron chi connectivity index (χ1n) is 12.3. The van der Waals surface area contributed by atoms with Crippen molar-refractivity contribution in [2.75, 3.05) is 24.5 Å². The normalized spacial score (nSPS) is 16.1. The van der Waals surface area contributed by atoms with E-state index in [2.05, 4.69) is 51.5 Å². The van der Waals surface area contributed by atoms with Crippen molar-refractivity contribution in [3.05, 3.63) is 89.5 Å². The van der Waals surface area contributed by atoms with Gasteiger partial charge in [0.2, 0.25) is 5.95 Å². The third kappa shape index (κ3) is 3.77. The molecule has 0 N–H and O–H groups in total. The average Bonchev–Trinajstić information content (AvgIpc) is 3.34. The predicted octanol–water partition coefficient (Wildman–Crippen LogP) is 4.91. The lowest BCUT2D eigenvalue weighted by molar-refractivity contribution is 0.0673. The number of nitrogens with zero attached hydrogens (tertiary/aromatic N) is 6. The van der Waals surface area contributed by atoms with Gasteiger partial charge in [-0.3, -0.25) is 4.79 Å². The summed E-state index contributed by atoms with van der Waals surface area (Å²) in [5, 5.41) is 10.2. The van der Waals surface area contributed by atoms with Crippen LogP contribution in [-0.4, -0.2) is 56.1 Å². The lowest BCUT2D eigenvalue weighted by Crippen LogP contribution is -2.54. The predicted molar refractivity (Wildman–Crippen MR) is 142 cm³/mol. The van der Waals surface area contributed by atoms with Gasteiger partial charge in [0.1, 0.15) is 0 Å². The van der Waals surface area contributed by atoms with E-state index in [0.29, 0.717) is 19.6 Å². The van der Waals surface area contributed by atoms with Gasteiger partial charge in [-0.25, -0.2) is 9.38 Å². The second-order valence-electron chi connectivity index (χ2n) is 9.64. The molecule has 36 heavy (non-hydrogen) atoms. The first-order chi connectivity index (χ1) is 17.5. The number of amides is 1. The van der Waals surface area contributed by atoms with Gasteiger partial charge in [0.25, 0.3) is 5.91 Å². The number of fused-ring (bicyclic) bond motifs is 3. The maximum Gasteiger partial charge on any atom is 0.254 e. The molecule has 3 aromatic carbocycles. The first kappa shape index (κ1) is 22.2. The summed E-state index contributed by atoms with van der Waals surface area (Å²) in [6, 6.07) is 24.2. The molecule has 0 bridgehead atoms. The zero-order valence-electron chi connectivity index (χ0n) is 20.7. The fourth-order valence-corrected chi connectivity index (χ4v) is 5.05. The van der Waals surface area contributed by atoms with Gasteiger partial charge in [-0.1, -0.05) is 53.6 Å². The molecule has 1 aliphatic heterocycles. The zero-order chi connectivity index (χ0) is 24.8. The second kappa shape index (κ2) is 8.75. The molecule has 1 amide bonds. The van der Waals surface area contributed by atoms with E-state index in [1.165, 1.54) is 0 Å². The standard InChI is InChI=1S/C29H28N6O/c1-19-11-13-22(14-12-19)28(36)34-16-15-33(18-21(34)3)29-30-25-10-5-4-9-24(25)27-32-31-26(35(27)29)23-8-6-7-20(2)17-23/h4-14,17,21H,15-16,18H2,1-3H3. The summed E-state index contributed by atoms with van der Waals surface area (Å²) >= 11 is 0. The number of hydrogen-bond donors (Lipinski definition) is 0. The Morgan fingerprint density at radius 3 is 2.47 bits per heavy atom. The summed E-state index contributed by atoms with van der Waals surface area (Å²) in [7, 11) is 0. The van der Waals surface area contributed by atoms with Crippen LogP contribution in [0.1, 0.15) is 28.4 Å². The van der Waals surface area contributed by atoms with Crippen LogP contribution in [0.3, 0.4) is 0 Å². The molecule has 6 rings (SSSR count). The van der Waals surface area contributed by atoms with Crippen LogP contribution in [0, 0.1) is 13.8 Å². The minimum atomic E-state index is 0.0229. The van der Waals surface area contributed by atoms with Crippen molar-refractivity contribution in [2.24, 2.45) is 0 Å². The quantitative estimate of drug-likeness (QED) is 0.370. The summed E-state index contributed by atoms with van der Waals surface area (Å²) in [5.74, 6) is 1.65. The molecule has 1 aliphatic rings. The number of para-hydroxylation sites is 1. The van der Waals surface area contributed by atoms with E-state index in [1.54, 1.807) is 0 Å². The summed E-state index contributed by atoms with van der Waals surface area (Å²) < 4.78 is 2.07. The SMILES string of the molecule is Cc1ccc(C(=O)N2CCN(c3nc4ccccc4c4nnc(-c5cccc(C)c5)n34)CC2C)cc1. The fourth-order valence-electron chi connectivity index (χ4n) is 5.05. The molecule has 1 fully saturated rings. The number of carbonyl (C=O) groups excluding carboxylic acids is 1. The van der Waals surface area contributed by atoms with Crippen molar-refractivity contribution in [1.82, 2.24) is 24.5 Å². The Labute approximate surface area is 210 Å². The molecule has 7 nitrogen and oxygen atoms in total. The highest BCUT2D eigenvalue weighted by Crippen LogP contribution is 2.30. The van der Waals surface area contributed by atoms with Crippen LogP contribution in [0.25, 0.3) is 27.9 Å². The smallest absolute Gasteiger partial charge is 0.254 e. The Balaban J connectivity index is 1.41. The number of benzene rings is 3. The molecule has 1 saturated heterocycles. The summed E-state index contributed by atoms with van der Waals surface area (Å²) in [5.41, 5.74) is 5.72. The van der Waals surface area contributed by atoms with Crippen LogP contribution in [0.2, 0.25) is 0 Å². The number of aromatic nitrogens is 4. The van der Waals surface area contributed by atoms with E-state index in [4.69, 9.17) is 4.98 Å². The number of anilines is 1. The van der Waals surface area contributed by atoms with Crippen molar-refractivity contribution < 1.29 is 4.79 Å². The molecule has 180 valence electrons. The Hall–Kier alpha value is -4.26. The maximum absolute atomic E-state index is 13.2. The first-order valence-corrected chi connectivity index (χ1v) is 12.3.